The maximum Gasteiger partial charge on any atom is 0.139 e. The molecule has 2 aromatic rings. The Morgan fingerprint density at radius 1 is 1.44 bits per heavy atom. The van der Waals surface area contributed by atoms with Crippen LogP contribution in [0.2, 0.25) is 5.02 Å². The normalized spacial score (nSPS) is 10.4. The lowest BCUT2D eigenvalue weighted by Gasteiger charge is -2.08. The fraction of sp³-hybridized carbons (Fsp3) is 0.182. The molecule has 84 valence electrons. The van der Waals surface area contributed by atoms with Gasteiger partial charge >= 0.3 is 0 Å². The van der Waals surface area contributed by atoms with Gasteiger partial charge in [-0.2, -0.15) is 5.10 Å². The molecule has 0 aliphatic carbocycles. The van der Waals surface area contributed by atoms with E-state index in [9.17, 15) is 5.11 Å². The third kappa shape index (κ3) is 2.12. The number of halogens is 1. The van der Waals surface area contributed by atoms with Gasteiger partial charge in [0.2, 0.25) is 0 Å². The van der Waals surface area contributed by atoms with Crippen molar-refractivity contribution in [3.63, 3.8) is 0 Å². The number of nitrogens with one attached hydrogen (secondary N) is 1. The molecule has 0 bridgehead atoms. The molecule has 0 spiro atoms. The summed E-state index contributed by atoms with van der Waals surface area (Å²) in [4.78, 5) is 0. The molecule has 0 unspecified atom stereocenters. The van der Waals surface area contributed by atoms with E-state index < -0.39 is 0 Å². The fourth-order valence-electron chi connectivity index (χ4n) is 1.44. The minimum Gasteiger partial charge on any atom is -0.506 e. The zero-order chi connectivity index (χ0) is 11.5. The van der Waals surface area contributed by atoms with Crippen LogP contribution in [0.1, 0.15) is 5.56 Å². The summed E-state index contributed by atoms with van der Waals surface area (Å²) in [6.45, 7) is 0.506. The number of aryl methyl sites for hydroxylation is 1. The molecular weight excluding hydrogens is 226 g/mol. The summed E-state index contributed by atoms with van der Waals surface area (Å²) >= 11 is 5.81. The second kappa shape index (κ2) is 4.45. The van der Waals surface area contributed by atoms with E-state index in [2.05, 4.69) is 10.4 Å². The molecule has 2 rings (SSSR count). The van der Waals surface area contributed by atoms with Crippen molar-refractivity contribution in [2.24, 2.45) is 7.05 Å². The average Bonchev–Trinajstić information content (AvgIpc) is 2.67. The Morgan fingerprint density at radius 3 is 2.94 bits per heavy atom. The molecule has 4 nitrogen and oxygen atoms in total. The summed E-state index contributed by atoms with van der Waals surface area (Å²) in [7, 11) is 1.85. The Kier molecular flexibility index (Phi) is 3.01. The molecule has 16 heavy (non-hydrogen) atoms. The van der Waals surface area contributed by atoms with Crippen molar-refractivity contribution in [3.05, 3.63) is 41.0 Å². The van der Waals surface area contributed by atoms with E-state index in [1.807, 2.05) is 25.2 Å². The molecule has 0 saturated heterocycles. The molecule has 1 aromatic carbocycles. The largest absolute Gasteiger partial charge is 0.506 e. The fourth-order valence-corrected chi connectivity index (χ4v) is 1.63. The predicted octanol–water partition coefficient (Wildman–Crippen LogP) is 2.39. The van der Waals surface area contributed by atoms with E-state index in [-0.39, 0.29) is 5.75 Å². The number of anilines is 1. The first-order valence-corrected chi connectivity index (χ1v) is 5.24. The number of phenols is 1. The van der Waals surface area contributed by atoms with Gasteiger partial charge in [0.25, 0.3) is 0 Å². The van der Waals surface area contributed by atoms with Crippen molar-refractivity contribution in [3.8, 4) is 5.75 Å². The number of phenolic OH excluding ortho intramolecular Hbond substituents is 1. The second-order valence-electron chi connectivity index (χ2n) is 3.44. The van der Waals surface area contributed by atoms with E-state index in [1.165, 1.54) is 0 Å². The molecule has 1 aromatic heterocycles. The lowest BCUT2D eigenvalue weighted by Crippen LogP contribution is -2.04. The Bertz CT molecular complexity index is 496. The van der Waals surface area contributed by atoms with Crippen LogP contribution >= 0.6 is 11.6 Å². The lowest BCUT2D eigenvalue weighted by atomic mass is 10.2. The summed E-state index contributed by atoms with van der Waals surface area (Å²) in [5.41, 5.74) is 0.758. The first-order chi connectivity index (χ1) is 7.68. The van der Waals surface area contributed by atoms with E-state index in [0.29, 0.717) is 11.6 Å². The summed E-state index contributed by atoms with van der Waals surface area (Å²) < 4.78 is 1.72. The third-order valence-electron chi connectivity index (χ3n) is 2.35. The third-order valence-corrected chi connectivity index (χ3v) is 2.66. The molecule has 1 heterocycles. The number of hydrogen-bond acceptors (Lipinski definition) is 3. The molecule has 0 saturated carbocycles. The molecule has 5 heteroatoms. The highest BCUT2D eigenvalue weighted by Gasteiger charge is 2.05. The van der Waals surface area contributed by atoms with Crippen LogP contribution in [0.15, 0.2) is 30.5 Å². The van der Waals surface area contributed by atoms with Crippen LogP contribution in [0.3, 0.4) is 0 Å². The lowest BCUT2D eigenvalue weighted by molar-refractivity contribution is 0.469. The Balaban J connectivity index is 2.11. The van der Waals surface area contributed by atoms with Crippen LogP contribution in [-0.2, 0) is 13.6 Å². The zero-order valence-electron chi connectivity index (χ0n) is 8.81. The van der Waals surface area contributed by atoms with Crippen LogP contribution in [0.4, 0.5) is 5.82 Å². The van der Waals surface area contributed by atoms with E-state index in [4.69, 9.17) is 11.6 Å². The molecule has 0 fully saturated rings. The highest BCUT2D eigenvalue weighted by atomic mass is 35.5. The van der Waals surface area contributed by atoms with Gasteiger partial charge in [0.05, 0.1) is 11.2 Å². The highest BCUT2D eigenvalue weighted by molar-refractivity contribution is 6.32. The van der Waals surface area contributed by atoms with Crippen molar-refractivity contribution >= 4 is 17.4 Å². The Morgan fingerprint density at radius 2 is 2.25 bits per heavy atom. The Labute approximate surface area is 98.5 Å². The summed E-state index contributed by atoms with van der Waals surface area (Å²) in [5, 5.41) is 17.3. The summed E-state index contributed by atoms with van der Waals surface area (Å²) in [5.74, 6) is 1.01. The van der Waals surface area contributed by atoms with Gasteiger partial charge in [-0.05, 0) is 6.07 Å². The van der Waals surface area contributed by atoms with Crippen molar-refractivity contribution in [2.45, 2.75) is 6.54 Å². The maximum absolute atomic E-state index is 9.70. The number of hydrogen-bond donors (Lipinski definition) is 2. The zero-order valence-corrected chi connectivity index (χ0v) is 9.57. The van der Waals surface area contributed by atoms with Crippen molar-refractivity contribution in [1.82, 2.24) is 9.78 Å². The van der Waals surface area contributed by atoms with Crippen LogP contribution in [0.5, 0.6) is 5.75 Å². The summed E-state index contributed by atoms with van der Waals surface area (Å²) in [6.07, 6.45) is 1.71. The number of nitrogens with zero attached hydrogens (tertiary/aromatic N) is 2. The van der Waals surface area contributed by atoms with Gasteiger partial charge in [-0.25, -0.2) is 0 Å². The average molecular weight is 238 g/mol. The summed E-state index contributed by atoms with van der Waals surface area (Å²) in [6, 6.07) is 7.15. The van der Waals surface area contributed by atoms with Crippen LogP contribution < -0.4 is 5.32 Å². The minimum atomic E-state index is 0.124. The van der Waals surface area contributed by atoms with Crippen molar-refractivity contribution in [2.75, 3.05) is 5.32 Å². The smallest absolute Gasteiger partial charge is 0.139 e. The number of benzene rings is 1. The Hall–Kier alpha value is -1.68. The van der Waals surface area contributed by atoms with E-state index in [1.54, 1.807) is 16.9 Å². The van der Waals surface area contributed by atoms with Gasteiger partial charge in [-0.1, -0.05) is 23.7 Å². The molecule has 0 amide bonds. The molecule has 0 atom stereocenters. The monoisotopic (exact) mass is 237 g/mol. The number of aromatic hydroxyl groups is 1. The SMILES string of the molecule is Cn1nccc1NCc1cccc(Cl)c1O. The molecular formula is C11H12ClN3O. The topological polar surface area (TPSA) is 50.1 Å². The molecule has 2 N–H and O–H groups in total. The van der Waals surface area contributed by atoms with Crippen molar-refractivity contribution < 1.29 is 5.11 Å². The number of aromatic nitrogens is 2. The molecule has 0 aliphatic rings. The maximum atomic E-state index is 9.70. The van der Waals surface area contributed by atoms with Gasteiger partial charge in [-0.15, -0.1) is 0 Å². The van der Waals surface area contributed by atoms with Crippen LogP contribution in [0.25, 0.3) is 0 Å². The highest BCUT2D eigenvalue weighted by Crippen LogP contribution is 2.27. The van der Waals surface area contributed by atoms with Crippen LogP contribution in [0, 0.1) is 0 Å². The standard InChI is InChI=1S/C11H12ClN3O/c1-15-10(5-6-14-15)13-7-8-3-2-4-9(12)11(8)16/h2-6,13,16H,7H2,1H3. The quantitative estimate of drug-likeness (QED) is 0.862. The first kappa shape index (κ1) is 10.8. The van der Waals surface area contributed by atoms with Gasteiger partial charge in [0, 0.05) is 25.2 Å². The van der Waals surface area contributed by atoms with Gasteiger partial charge in [-0.3, -0.25) is 4.68 Å². The first-order valence-electron chi connectivity index (χ1n) is 4.86. The van der Waals surface area contributed by atoms with Crippen LogP contribution in [-0.4, -0.2) is 14.9 Å². The minimum absolute atomic E-state index is 0.124. The van der Waals surface area contributed by atoms with Crippen molar-refractivity contribution in [1.29, 1.82) is 0 Å². The number of para-hydroxylation sites is 1. The molecule has 0 aliphatic heterocycles. The number of rotatable bonds is 3. The van der Waals surface area contributed by atoms with Gasteiger partial charge in [0.1, 0.15) is 11.6 Å². The van der Waals surface area contributed by atoms with E-state index in [0.717, 1.165) is 11.4 Å². The van der Waals surface area contributed by atoms with Gasteiger partial charge < -0.3 is 10.4 Å². The predicted molar refractivity (Wildman–Crippen MR) is 63.7 cm³/mol. The van der Waals surface area contributed by atoms with E-state index >= 15 is 0 Å². The molecule has 0 radical (unpaired) electrons. The second-order valence-corrected chi connectivity index (χ2v) is 3.85. The van der Waals surface area contributed by atoms with Gasteiger partial charge in [0.15, 0.2) is 0 Å².